The Bertz CT molecular complexity index is 1090. The molecule has 154 valence electrons. The number of nitrogens with zero attached hydrogens (tertiary/aromatic N) is 2. The molecule has 0 saturated carbocycles. The Balaban J connectivity index is 1.85. The summed E-state index contributed by atoms with van der Waals surface area (Å²) in [6, 6.07) is 10.4. The molecule has 30 heavy (non-hydrogen) atoms. The molecule has 2 aromatic carbocycles. The number of hydrogen-bond acceptors (Lipinski definition) is 6. The van der Waals surface area contributed by atoms with Crippen molar-refractivity contribution in [1.82, 2.24) is 10.2 Å². The van der Waals surface area contributed by atoms with Crippen LogP contribution in [0.4, 0.5) is 0 Å². The van der Waals surface area contributed by atoms with Gasteiger partial charge in [-0.3, -0.25) is 0 Å². The van der Waals surface area contributed by atoms with Crippen LogP contribution in [0.2, 0.25) is 5.02 Å². The molecule has 0 aliphatic rings. The van der Waals surface area contributed by atoms with Gasteiger partial charge in [0.1, 0.15) is 17.3 Å². The van der Waals surface area contributed by atoms with Gasteiger partial charge in [0, 0.05) is 10.6 Å². The van der Waals surface area contributed by atoms with Crippen molar-refractivity contribution in [2.24, 2.45) is 0 Å². The first kappa shape index (κ1) is 22.6. The molecular weight excluding hydrogens is 560 g/mol. The maximum absolute atomic E-state index is 11.7. The van der Waals surface area contributed by atoms with Crippen LogP contribution in [0, 0.1) is 0 Å². The van der Waals surface area contributed by atoms with Gasteiger partial charge in [-0.1, -0.05) is 24.3 Å². The monoisotopic (exact) mass is 570 g/mol. The topological polar surface area (TPSA) is 85.5 Å². The van der Waals surface area contributed by atoms with Crippen LogP contribution >= 0.6 is 55.2 Å². The van der Waals surface area contributed by atoms with Gasteiger partial charge in [0.25, 0.3) is 5.22 Å². The molecule has 1 heterocycles. The van der Waals surface area contributed by atoms with Crippen LogP contribution in [-0.4, -0.2) is 27.9 Å². The molecule has 0 aliphatic heterocycles. The Morgan fingerprint density at radius 3 is 2.50 bits per heavy atom. The van der Waals surface area contributed by atoms with Crippen molar-refractivity contribution in [2.75, 3.05) is 6.61 Å². The molecule has 0 saturated heterocycles. The summed E-state index contributed by atoms with van der Waals surface area (Å²) >= 11 is 13.6. The summed E-state index contributed by atoms with van der Waals surface area (Å²) in [5.74, 6) is -0.250. The number of benzene rings is 2. The predicted molar refractivity (Wildman–Crippen MR) is 124 cm³/mol. The van der Waals surface area contributed by atoms with Crippen LogP contribution < -0.4 is 4.74 Å². The van der Waals surface area contributed by atoms with Crippen LogP contribution in [0.25, 0.3) is 17.5 Å². The minimum Gasteiger partial charge on any atom is -0.487 e. The molecule has 1 aromatic heterocycles. The number of thioether (sulfide) groups is 1. The molecule has 10 heteroatoms. The molecule has 0 amide bonds. The third kappa shape index (κ3) is 5.75. The van der Waals surface area contributed by atoms with Gasteiger partial charge in [-0.15, -0.1) is 10.2 Å². The molecule has 1 N–H and O–H groups in total. The van der Waals surface area contributed by atoms with Crippen molar-refractivity contribution in [2.45, 2.75) is 5.22 Å². The number of aliphatic carboxylic acids is 1. The molecule has 3 aromatic rings. The lowest BCUT2D eigenvalue weighted by atomic mass is 10.2. The molecule has 0 aliphatic carbocycles. The number of rotatable bonds is 8. The standard InChI is InChI=1S/C20H13Br2ClN2O4S/c1-2-7-28-17-14(21)8-11(9-15(17)22)10-16(19(26)27)30-20-25-24-18(29-20)12-3-5-13(23)6-4-12/h2-6,8-10H,1,7H2,(H,26,27)/b16-10-. The molecule has 0 spiro atoms. The molecule has 3 rings (SSSR count). The smallest absolute Gasteiger partial charge is 0.342 e. The van der Waals surface area contributed by atoms with E-state index in [1.807, 2.05) is 0 Å². The fraction of sp³-hybridized carbons (Fsp3) is 0.0500. The molecule has 6 nitrogen and oxygen atoms in total. The molecule has 0 unspecified atom stereocenters. The maximum atomic E-state index is 11.7. The molecule has 0 fully saturated rings. The second-order valence-corrected chi connectivity index (χ2v) is 8.85. The second-order valence-electron chi connectivity index (χ2n) is 5.71. The Kier molecular flexibility index (Phi) is 7.76. The first-order valence-corrected chi connectivity index (χ1v) is 11.1. The summed E-state index contributed by atoms with van der Waals surface area (Å²) in [6.45, 7) is 3.96. The van der Waals surface area contributed by atoms with E-state index in [0.717, 1.165) is 11.8 Å². The van der Waals surface area contributed by atoms with Gasteiger partial charge in [-0.25, -0.2) is 4.79 Å². The quantitative estimate of drug-likeness (QED) is 0.183. The summed E-state index contributed by atoms with van der Waals surface area (Å²) in [5.41, 5.74) is 1.32. The van der Waals surface area contributed by atoms with E-state index in [1.165, 1.54) is 6.08 Å². The lowest BCUT2D eigenvalue weighted by Gasteiger charge is -2.10. The summed E-state index contributed by atoms with van der Waals surface area (Å²) in [6.07, 6.45) is 3.14. The summed E-state index contributed by atoms with van der Waals surface area (Å²) in [7, 11) is 0. The zero-order valence-corrected chi connectivity index (χ0v) is 19.9. The van der Waals surface area contributed by atoms with Crippen molar-refractivity contribution < 1.29 is 19.1 Å². The molecule has 0 radical (unpaired) electrons. The normalized spacial score (nSPS) is 11.4. The highest BCUT2D eigenvalue weighted by atomic mass is 79.9. The third-order valence-corrected chi connectivity index (χ3v) is 5.85. The van der Waals surface area contributed by atoms with Gasteiger partial charge >= 0.3 is 5.97 Å². The van der Waals surface area contributed by atoms with Gasteiger partial charge in [-0.2, -0.15) is 0 Å². The summed E-state index contributed by atoms with van der Waals surface area (Å²) in [4.78, 5) is 11.8. The minimum atomic E-state index is -1.12. The van der Waals surface area contributed by atoms with Crippen LogP contribution in [-0.2, 0) is 4.79 Å². The second kappa shape index (κ2) is 10.3. The Morgan fingerprint density at radius 1 is 1.23 bits per heavy atom. The van der Waals surface area contributed by atoms with Crippen molar-refractivity contribution in [3.05, 3.63) is 73.5 Å². The van der Waals surface area contributed by atoms with E-state index in [2.05, 4.69) is 48.6 Å². The fourth-order valence-corrected chi connectivity index (χ4v) is 4.53. The number of hydrogen-bond donors (Lipinski definition) is 1. The van der Waals surface area contributed by atoms with Crippen LogP contribution in [0.5, 0.6) is 5.75 Å². The van der Waals surface area contributed by atoms with Crippen LogP contribution in [0.15, 0.2) is 72.5 Å². The van der Waals surface area contributed by atoms with E-state index in [-0.39, 0.29) is 16.0 Å². The van der Waals surface area contributed by atoms with Crippen molar-refractivity contribution in [1.29, 1.82) is 0 Å². The Hall–Kier alpha value is -2.07. The average Bonchev–Trinajstić information content (AvgIpc) is 3.16. The number of aromatic nitrogens is 2. The first-order valence-electron chi connectivity index (χ1n) is 8.32. The third-order valence-electron chi connectivity index (χ3n) is 3.57. The first-order chi connectivity index (χ1) is 14.4. The average molecular weight is 573 g/mol. The fourth-order valence-electron chi connectivity index (χ4n) is 2.28. The van der Waals surface area contributed by atoms with Gasteiger partial charge in [-0.05, 0) is 91.7 Å². The van der Waals surface area contributed by atoms with Crippen molar-refractivity contribution in [3.8, 4) is 17.2 Å². The maximum Gasteiger partial charge on any atom is 0.342 e. The number of carboxylic acid groups (broad SMARTS) is 1. The largest absolute Gasteiger partial charge is 0.487 e. The lowest BCUT2D eigenvalue weighted by molar-refractivity contribution is -0.131. The van der Waals surface area contributed by atoms with E-state index in [1.54, 1.807) is 42.5 Å². The summed E-state index contributed by atoms with van der Waals surface area (Å²) in [5, 5.41) is 18.2. The Morgan fingerprint density at radius 2 is 1.90 bits per heavy atom. The number of halogens is 3. The Labute approximate surface area is 198 Å². The van der Waals surface area contributed by atoms with E-state index in [9.17, 15) is 9.90 Å². The van der Waals surface area contributed by atoms with Gasteiger partial charge in [0.05, 0.1) is 8.95 Å². The number of ether oxygens (including phenoxy) is 1. The summed E-state index contributed by atoms with van der Waals surface area (Å²) < 4.78 is 12.5. The van der Waals surface area contributed by atoms with E-state index in [4.69, 9.17) is 20.8 Å². The van der Waals surface area contributed by atoms with Crippen molar-refractivity contribution in [3.63, 3.8) is 0 Å². The molecular formula is C20H13Br2ClN2O4S. The highest BCUT2D eigenvalue weighted by Gasteiger charge is 2.17. The zero-order valence-electron chi connectivity index (χ0n) is 15.1. The van der Waals surface area contributed by atoms with E-state index < -0.39 is 5.97 Å². The highest BCUT2D eigenvalue weighted by Crippen LogP contribution is 2.37. The number of carboxylic acids is 1. The zero-order chi connectivity index (χ0) is 21.7. The van der Waals surface area contributed by atoms with Gasteiger partial charge < -0.3 is 14.3 Å². The van der Waals surface area contributed by atoms with E-state index in [0.29, 0.717) is 37.5 Å². The highest BCUT2D eigenvalue weighted by molar-refractivity contribution is 9.11. The SMILES string of the molecule is C=CCOc1c(Br)cc(/C=C(\Sc2nnc(-c3ccc(Cl)cc3)o2)C(=O)O)cc1Br. The predicted octanol–water partition coefficient (Wildman–Crippen LogP) is 6.70. The van der Waals surface area contributed by atoms with Crippen LogP contribution in [0.3, 0.4) is 0 Å². The molecule has 0 atom stereocenters. The van der Waals surface area contributed by atoms with Gasteiger partial charge in [0.15, 0.2) is 0 Å². The molecule has 0 bridgehead atoms. The van der Waals surface area contributed by atoms with Crippen LogP contribution in [0.1, 0.15) is 5.56 Å². The lowest BCUT2D eigenvalue weighted by Crippen LogP contribution is -1.98. The van der Waals surface area contributed by atoms with Gasteiger partial charge in [0.2, 0.25) is 5.89 Å². The number of carbonyl (C=O) groups is 1. The minimum absolute atomic E-state index is 0.0138. The van der Waals surface area contributed by atoms with E-state index >= 15 is 0 Å². The van der Waals surface area contributed by atoms with Crippen molar-refractivity contribution >= 4 is 67.3 Å².